The third-order valence-corrected chi connectivity index (χ3v) is 5.04. The molecule has 0 saturated carbocycles. The van der Waals surface area contributed by atoms with Crippen LogP contribution in [0.1, 0.15) is 15.9 Å². The molecule has 8 heteroatoms. The Kier molecular flexibility index (Phi) is 5.75. The summed E-state index contributed by atoms with van der Waals surface area (Å²) in [7, 11) is 0. The zero-order chi connectivity index (χ0) is 22.0. The lowest BCUT2D eigenvalue weighted by Gasteiger charge is -2.14. The Balaban J connectivity index is 1.67. The van der Waals surface area contributed by atoms with Crippen molar-refractivity contribution in [1.82, 2.24) is 5.43 Å². The van der Waals surface area contributed by atoms with E-state index in [0.29, 0.717) is 16.3 Å². The second kappa shape index (κ2) is 8.63. The maximum absolute atomic E-state index is 12.8. The first kappa shape index (κ1) is 20.7. The van der Waals surface area contributed by atoms with Crippen molar-refractivity contribution in [2.24, 2.45) is 0 Å². The Labute approximate surface area is 187 Å². The van der Waals surface area contributed by atoms with Crippen molar-refractivity contribution in [2.45, 2.75) is 0 Å². The summed E-state index contributed by atoms with van der Waals surface area (Å²) in [5.41, 5.74) is 3.38. The number of hydrogen-bond donors (Lipinski definition) is 1. The maximum Gasteiger partial charge on any atom is 0.345 e. The van der Waals surface area contributed by atoms with E-state index < -0.39 is 17.8 Å². The van der Waals surface area contributed by atoms with Crippen LogP contribution >= 0.6 is 23.2 Å². The Morgan fingerprint density at radius 1 is 0.935 bits per heavy atom. The highest BCUT2D eigenvalue weighted by Gasteiger charge is 2.34. The first-order valence-electron chi connectivity index (χ1n) is 9.12. The Morgan fingerprint density at radius 3 is 2.39 bits per heavy atom. The van der Waals surface area contributed by atoms with Crippen LogP contribution in [0.4, 0.5) is 5.69 Å². The molecular weight excluding hydrogens is 439 g/mol. The molecule has 2 amide bonds. The minimum absolute atomic E-state index is 0.124. The molecule has 4 rings (SSSR count). The van der Waals surface area contributed by atoms with Gasteiger partial charge in [-0.2, -0.15) is 0 Å². The lowest BCUT2D eigenvalue weighted by atomic mass is 10.1. The van der Waals surface area contributed by atoms with Gasteiger partial charge in [-0.1, -0.05) is 53.5 Å². The number of hydrazine groups is 1. The van der Waals surface area contributed by atoms with Crippen LogP contribution in [0, 0.1) is 0 Å². The fourth-order valence-electron chi connectivity index (χ4n) is 2.98. The van der Waals surface area contributed by atoms with Gasteiger partial charge in [-0.05, 0) is 48.5 Å². The van der Waals surface area contributed by atoms with Crippen LogP contribution in [-0.4, -0.2) is 17.8 Å². The van der Waals surface area contributed by atoms with Gasteiger partial charge < -0.3 is 4.74 Å². The van der Waals surface area contributed by atoms with Gasteiger partial charge in [0.05, 0.1) is 16.3 Å². The summed E-state index contributed by atoms with van der Waals surface area (Å²) in [6.07, 6.45) is 1.34. The van der Waals surface area contributed by atoms with Gasteiger partial charge in [0.15, 0.2) is 0 Å². The number of anilines is 1. The number of para-hydroxylation sites is 1. The fourth-order valence-corrected chi connectivity index (χ4v) is 3.37. The molecule has 0 spiro atoms. The molecule has 1 aliphatic heterocycles. The maximum atomic E-state index is 12.8. The number of ether oxygens (including phenoxy) is 1. The van der Waals surface area contributed by atoms with E-state index in [-0.39, 0.29) is 21.9 Å². The molecule has 1 N–H and O–H groups in total. The molecule has 0 unspecified atom stereocenters. The predicted octanol–water partition coefficient (Wildman–Crippen LogP) is 4.67. The highest BCUT2D eigenvalue weighted by atomic mass is 35.5. The van der Waals surface area contributed by atoms with Crippen molar-refractivity contribution in [3.8, 4) is 5.75 Å². The molecule has 154 valence electrons. The molecular formula is C23H14Cl2N2O4. The number of halogens is 2. The van der Waals surface area contributed by atoms with Crippen LogP contribution in [0.25, 0.3) is 6.08 Å². The molecule has 1 heterocycles. The van der Waals surface area contributed by atoms with E-state index in [4.69, 9.17) is 27.9 Å². The molecule has 0 radical (unpaired) electrons. The van der Waals surface area contributed by atoms with Gasteiger partial charge in [0.1, 0.15) is 11.3 Å². The number of amides is 2. The average Bonchev–Trinajstić information content (AvgIpc) is 3.05. The SMILES string of the molecule is O=C1NN(c2ccccc2)C(=O)/C1=C\c1cc(Cl)ccc1OC(=O)c1ccccc1Cl. The van der Waals surface area contributed by atoms with Crippen molar-refractivity contribution >= 4 is 52.7 Å². The number of carbonyl (C=O) groups excluding carboxylic acids is 3. The van der Waals surface area contributed by atoms with Gasteiger partial charge in [-0.25, -0.2) is 9.80 Å². The van der Waals surface area contributed by atoms with Crippen molar-refractivity contribution < 1.29 is 19.1 Å². The third-order valence-electron chi connectivity index (χ3n) is 4.47. The van der Waals surface area contributed by atoms with E-state index in [9.17, 15) is 14.4 Å². The number of hydrogen-bond acceptors (Lipinski definition) is 4. The van der Waals surface area contributed by atoms with E-state index in [2.05, 4.69) is 5.43 Å². The first-order valence-corrected chi connectivity index (χ1v) is 9.88. The number of carbonyl (C=O) groups is 3. The smallest absolute Gasteiger partial charge is 0.345 e. The van der Waals surface area contributed by atoms with E-state index >= 15 is 0 Å². The number of nitrogens with zero attached hydrogens (tertiary/aromatic N) is 1. The number of rotatable bonds is 4. The van der Waals surface area contributed by atoms with Crippen molar-refractivity contribution in [3.63, 3.8) is 0 Å². The molecule has 1 fully saturated rings. The van der Waals surface area contributed by atoms with Crippen molar-refractivity contribution in [1.29, 1.82) is 0 Å². The van der Waals surface area contributed by atoms with Crippen LogP contribution in [0.2, 0.25) is 10.0 Å². The first-order chi connectivity index (χ1) is 14.9. The van der Waals surface area contributed by atoms with Crippen LogP contribution in [-0.2, 0) is 9.59 Å². The van der Waals surface area contributed by atoms with Crippen LogP contribution in [0.15, 0.2) is 78.4 Å². The molecule has 0 atom stereocenters. The number of esters is 1. The summed E-state index contributed by atoms with van der Waals surface area (Å²) < 4.78 is 5.48. The lowest BCUT2D eigenvalue weighted by Crippen LogP contribution is -2.35. The second-order valence-electron chi connectivity index (χ2n) is 6.53. The van der Waals surface area contributed by atoms with Crippen molar-refractivity contribution in [2.75, 3.05) is 5.01 Å². The van der Waals surface area contributed by atoms with Gasteiger partial charge >= 0.3 is 5.97 Å². The predicted molar refractivity (Wildman–Crippen MR) is 118 cm³/mol. The molecule has 1 aliphatic rings. The normalized spacial score (nSPS) is 14.6. The largest absolute Gasteiger partial charge is 0.422 e. The number of nitrogens with one attached hydrogen (secondary N) is 1. The molecule has 0 aliphatic carbocycles. The topological polar surface area (TPSA) is 75.7 Å². The molecule has 1 saturated heterocycles. The van der Waals surface area contributed by atoms with Gasteiger partial charge in [-0.15, -0.1) is 0 Å². The monoisotopic (exact) mass is 452 g/mol. The summed E-state index contributed by atoms with van der Waals surface area (Å²) in [5.74, 6) is -1.68. The minimum atomic E-state index is -0.680. The highest BCUT2D eigenvalue weighted by molar-refractivity contribution is 6.34. The van der Waals surface area contributed by atoms with E-state index in [1.54, 1.807) is 48.5 Å². The van der Waals surface area contributed by atoms with E-state index in [0.717, 1.165) is 5.01 Å². The van der Waals surface area contributed by atoms with Gasteiger partial charge in [-0.3, -0.25) is 15.0 Å². The van der Waals surface area contributed by atoms with E-state index in [1.165, 1.54) is 30.3 Å². The Hall–Kier alpha value is -3.61. The molecule has 3 aromatic carbocycles. The van der Waals surface area contributed by atoms with Gasteiger partial charge in [0.2, 0.25) is 0 Å². The standard InChI is InChI=1S/C23H14Cl2N2O4/c24-15-10-11-20(31-23(30)17-8-4-5-9-19(17)25)14(12-15)13-18-21(28)26-27(22(18)29)16-6-2-1-3-7-16/h1-13H,(H,26,28)/b18-13-. The summed E-state index contributed by atoms with van der Waals surface area (Å²) in [6, 6.07) is 19.7. The van der Waals surface area contributed by atoms with Crippen LogP contribution in [0.3, 0.4) is 0 Å². The van der Waals surface area contributed by atoms with Gasteiger partial charge in [0.25, 0.3) is 11.8 Å². The summed E-state index contributed by atoms with van der Waals surface area (Å²) >= 11 is 12.2. The zero-order valence-corrected chi connectivity index (χ0v) is 17.4. The quantitative estimate of drug-likeness (QED) is 0.270. The fraction of sp³-hybridized carbons (Fsp3) is 0. The minimum Gasteiger partial charge on any atom is -0.422 e. The molecule has 3 aromatic rings. The molecule has 0 aromatic heterocycles. The molecule has 6 nitrogen and oxygen atoms in total. The molecule has 0 bridgehead atoms. The highest BCUT2D eigenvalue weighted by Crippen LogP contribution is 2.29. The summed E-state index contributed by atoms with van der Waals surface area (Å²) in [4.78, 5) is 37.8. The van der Waals surface area contributed by atoms with Crippen LogP contribution < -0.4 is 15.2 Å². The average molecular weight is 453 g/mol. The summed E-state index contributed by atoms with van der Waals surface area (Å²) in [6.45, 7) is 0. The van der Waals surface area contributed by atoms with Crippen LogP contribution in [0.5, 0.6) is 5.75 Å². The van der Waals surface area contributed by atoms with E-state index in [1.807, 2.05) is 0 Å². The van der Waals surface area contributed by atoms with Gasteiger partial charge in [0, 0.05) is 10.6 Å². The second-order valence-corrected chi connectivity index (χ2v) is 7.37. The number of benzene rings is 3. The molecule has 31 heavy (non-hydrogen) atoms. The van der Waals surface area contributed by atoms with Crippen molar-refractivity contribution in [3.05, 3.63) is 99.5 Å². The Morgan fingerprint density at radius 2 is 1.65 bits per heavy atom. The lowest BCUT2D eigenvalue weighted by molar-refractivity contribution is -0.117. The summed E-state index contributed by atoms with van der Waals surface area (Å²) in [5, 5.41) is 1.73. The Bertz CT molecular complexity index is 1230. The third kappa shape index (κ3) is 4.30. The zero-order valence-electron chi connectivity index (χ0n) is 15.8.